The molecule has 0 bridgehead atoms. The minimum atomic E-state index is 0.0345. The lowest BCUT2D eigenvalue weighted by Crippen LogP contribution is -2.45. The SMILES string of the molecule is Cn1ccnc1CN1CCCC(CNC(=O)C2CCCN2)C1. The first-order valence-electron chi connectivity index (χ1n) is 8.42. The third-order valence-electron chi connectivity index (χ3n) is 4.83. The molecule has 22 heavy (non-hydrogen) atoms. The molecule has 0 aliphatic carbocycles. The number of aromatic nitrogens is 2. The van der Waals surface area contributed by atoms with Gasteiger partial charge in [-0.1, -0.05) is 0 Å². The van der Waals surface area contributed by atoms with E-state index in [1.165, 1.54) is 12.8 Å². The maximum atomic E-state index is 12.1. The quantitative estimate of drug-likeness (QED) is 0.832. The Kier molecular flexibility index (Phi) is 5.10. The molecule has 3 rings (SSSR count). The number of hydrogen-bond donors (Lipinski definition) is 2. The van der Waals surface area contributed by atoms with E-state index >= 15 is 0 Å². The molecule has 1 aromatic rings. The number of nitrogens with one attached hydrogen (secondary N) is 2. The first kappa shape index (κ1) is 15.5. The molecule has 2 atom stereocenters. The van der Waals surface area contributed by atoms with Gasteiger partial charge in [-0.3, -0.25) is 9.69 Å². The molecule has 3 heterocycles. The lowest BCUT2D eigenvalue weighted by Gasteiger charge is -2.32. The second-order valence-corrected chi connectivity index (χ2v) is 6.59. The minimum absolute atomic E-state index is 0.0345. The molecule has 2 saturated heterocycles. The molecule has 0 spiro atoms. The summed E-state index contributed by atoms with van der Waals surface area (Å²) in [5.74, 6) is 1.85. The van der Waals surface area contributed by atoms with Crippen LogP contribution in [0, 0.1) is 5.92 Å². The number of carbonyl (C=O) groups excluding carboxylic acids is 1. The number of piperidine rings is 1. The fraction of sp³-hybridized carbons (Fsp3) is 0.750. The topological polar surface area (TPSA) is 62.2 Å². The standard InChI is InChI=1S/C16H27N5O/c1-20-9-7-18-15(20)12-21-8-3-4-13(11-21)10-19-16(22)14-5-2-6-17-14/h7,9,13-14,17H,2-6,8,10-12H2,1H3,(H,19,22). The molecular weight excluding hydrogens is 278 g/mol. The fourth-order valence-electron chi connectivity index (χ4n) is 3.49. The van der Waals surface area contributed by atoms with Crippen LogP contribution >= 0.6 is 0 Å². The molecule has 2 unspecified atom stereocenters. The second-order valence-electron chi connectivity index (χ2n) is 6.59. The van der Waals surface area contributed by atoms with Crippen molar-refractivity contribution in [1.29, 1.82) is 0 Å². The monoisotopic (exact) mass is 305 g/mol. The highest BCUT2D eigenvalue weighted by atomic mass is 16.2. The number of likely N-dealkylation sites (tertiary alicyclic amines) is 1. The molecular formula is C16H27N5O. The molecule has 6 heteroatoms. The number of rotatable bonds is 5. The summed E-state index contributed by atoms with van der Waals surface area (Å²) < 4.78 is 2.08. The van der Waals surface area contributed by atoms with Gasteiger partial charge in [-0.2, -0.15) is 0 Å². The Labute approximate surface area is 132 Å². The van der Waals surface area contributed by atoms with E-state index in [0.29, 0.717) is 5.92 Å². The summed E-state index contributed by atoms with van der Waals surface area (Å²) in [5, 5.41) is 6.39. The van der Waals surface area contributed by atoms with Gasteiger partial charge in [0.25, 0.3) is 0 Å². The van der Waals surface area contributed by atoms with E-state index in [-0.39, 0.29) is 11.9 Å². The fourth-order valence-corrected chi connectivity index (χ4v) is 3.49. The summed E-state index contributed by atoms with van der Waals surface area (Å²) in [4.78, 5) is 18.9. The molecule has 2 aliphatic heterocycles. The van der Waals surface area contributed by atoms with Crippen LogP contribution in [0.15, 0.2) is 12.4 Å². The number of aryl methyl sites for hydroxylation is 1. The van der Waals surface area contributed by atoms with Crippen LogP contribution in [0.5, 0.6) is 0 Å². The Hall–Kier alpha value is -1.40. The Bertz CT molecular complexity index is 494. The van der Waals surface area contributed by atoms with E-state index in [0.717, 1.165) is 51.4 Å². The predicted molar refractivity (Wildman–Crippen MR) is 85.2 cm³/mol. The van der Waals surface area contributed by atoms with Gasteiger partial charge in [0.15, 0.2) is 0 Å². The first-order valence-corrected chi connectivity index (χ1v) is 8.42. The number of carbonyl (C=O) groups is 1. The van der Waals surface area contributed by atoms with Crippen molar-refractivity contribution >= 4 is 5.91 Å². The number of amides is 1. The van der Waals surface area contributed by atoms with Crippen LogP contribution in [0.25, 0.3) is 0 Å². The van der Waals surface area contributed by atoms with Crippen molar-refractivity contribution in [3.63, 3.8) is 0 Å². The normalized spacial score (nSPS) is 26.2. The van der Waals surface area contributed by atoms with E-state index in [2.05, 4.69) is 25.1 Å². The van der Waals surface area contributed by atoms with Crippen molar-refractivity contribution in [2.45, 2.75) is 38.3 Å². The van der Waals surface area contributed by atoms with Gasteiger partial charge < -0.3 is 15.2 Å². The summed E-state index contributed by atoms with van der Waals surface area (Å²) >= 11 is 0. The molecule has 2 aliphatic rings. The Morgan fingerprint density at radius 3 is 3.09 bits per heavy atom. The zero-order valence-electron chi connectivity index (χ0n) is 13.4. The maximum absolute atomic E-state index is 12.1. The maximum Gasteiger partial charge on any atom is 0.237 e. The van der Waals surface area contributed by atoms with E-state index in [4.69, 9.17) is 0 Å². The lowest BCUT2D eigenvalue weighted by atomic mass is 9.98. The first-order chi connectivity index (χ1) is 10.7. The minimum Gasteiger partial charge on any atom is -0.354 e. The summed E-state index contributed by atoms with van der Waals surface area (Å²) in [6.07, 6.45) is 8.33. The predicted octanol–water partition coefficient (Wildman–Crippen LogP) is 0.500. The smallest absolute Gasteiger partial charge is 0.237 e. The third-order valence-corrected chi connectivity index (χ3v) is 4.83. The molecule has 0 radical (unpaired) electrons. The van der Waals surface area contributed by atoms with Crippen molar-refractivity contribution in [1.82, 2.24) is 25.1 Å². The van der Waals surface area contributed by atoms with Crippen molar-refractivity contribution in [3.05, 3.63) is 18.2 Å². The van der Waals surface area contributed by atoms with Gasteiger partial charge in [0.2, 0.25) is 5.91 Å². The highest BCUT2D eigenvalue weighted by Crippen LogP contribution is 2.17. The lowest BCUT2D eigenvalue weighted by molar-refractivity contribution is -0.123. The molecule has 6 nitrogen and oxygen atoms in total. The van der Waals surface area contributed by atoms with E-state index < -0.39 is 0 Å². The van der Waals surface area contributed by atoms with Gasteiger partial charge in [-0.15, -0.1) is 0 Å². The van der Waals surface area contributed by atoms with Crippen molar-refractivity contribution < 1.29 is 4.79 Å². The molecule has 1 aromatic heterocycles. The number of hydrogen-bond acceptors (Lipinski definition) is 4. The molecule has 0 aromatic carbocycles. The van der Waals surface area contributed by atoms with Gasteiger partial charge in [0.05, 0.1) is 12.6 Å². The van der Waals surface area contributed by atoms with Crippen LogP contribution in [-0.4, -0.2) is 52.6 Å². The summed E-state index contributed by atoms with van der Waals surface area (Å²) in [7, 11) is 2.04. The molecule has 1 amide bonds. The van der Waals surface area contributed by atoms with Crippen LogP contribution < -0.4 is 10.6 Å². The largest absolute Gasteiger partial charge is 0.354 e. The second kappa shape index (κ2) is 7.24. The number of imidazole rings is 1. The van der Waals surface area contributed by atoms with Crippen molar-refractivity contribution in [2.24, 2.45) is 13.0 Å². The van der Waals surface area contributed by atoms with Gasteiger partial charge in [0.1, 0.15) is 5.82 Å². The van der Waals surface area contributed by atoms with E-state index in [1.54, 1.807) is 0 Å². The summed E-state index contributed by atoms with van der Waals surface area (Å²) in [5.41, 5.74) is 0. The van der Waals surface area contributed by atoms with Crippen LogP contribution in [-0.2, 0) is 18.4 Å². The highest BCUT2D eigenvalue weighted by molar-refractivity contribution is 5.81. The molecule has 2 fully saturated rings. The molecule has 122 valence electrons. The van der Waals surface area contributed by atoms with Crippen molar-refractivity contribution in [3.8, 4) is 0 Å². The van der Waals surface area contributed by atoms with Crippen LogP contribution in [0.1, 0.15) is 31.5 Å². The Morgan fingerprint density at radius 2 is 2.36 bits per heavy atom. The van der Waals surface area contributed by atoms with Gasteiger partial charge >= 0.3 is 0 Å². The average molecular weight is 305 g/mol. The van der Waals surface area contributed by atoms with Crippen LogP contribution in [0.4, 0.5) is 0 Å². The van der Waals surface area contributed by atoms with E-state index in [1.807, 2.05) is 19.4 Å². The van der Waals surface area contributed by atoms with Gasteiger partial charge in [-0.25, -0.2) is 4.98 Å². The molecule has 2 N–H and O–H groups in total. The summed E-state index contributed by atoms with van der Waals surface area (Å²) in [6.45, 7) is 4.85. The zero-order valence-corrected chi connectivity index (χ0v) is 13.4. The average Bonchev–Trinajstić information content (AvgIpc) is 3.18. The highest BCUT2D eigenvalue weighted by Gasteiger charge is 2.25. The van der Waals surface area contributed by atoms with Crippen LogP contribution in [0.2, 0.25) is 0 Å². The van der Waals surface area contributed by atoms with Crippen LogP contribution in [0.3, 0.4) is 0 Å². The van der Waals surface area contributed by atoms with Gasteiger partial charge in [0, 0.05) is 32.5 Å². The number of nitrogens with zero attached hydrogens (tertiary/aromatic N) is 3. The third kappa shape index (κ3) is 3.87. The zero-order chi connectivity index (χ0) is 15.4. The van der Waals surface area contributed by atoms with E-state index in [9.17, 15) is 4.79 Å². The Balaban J connectivity index is 1.44. The summed E-state index contributed by atoms with van der Waals surface area (Å²) in [6, 6.07) is 0.0345. The van der Waals surface area contributed by atoms with Crippen molar-refractivity contribution in [2.75, 3.05) is 26.2 Å². The molecule has 0 saturated carbocycles. The van der Waals surface area contributed by atoms with Gasteiger partial charge in [-0.05, 0) is 44.7 Å². The Morgan fingerprint density at radius 1 is 1.45 bits per heavy atom.